The fourth-order valence-electron chi connectivity index (χ4n) is 2.22. The van der Waals surface area contributed by atoms with Crippen LogP contribution in [-0.2, 0) is 0 Å². The Morgan fingerprint density at radius 3 is 2.73 bits per heavy atom. The molecule has 90 valence electrons. The Hall–Kier alpha value is 0.650. The van der Waals surface area contributed by atoms with Gasteiger partial charge in [0.05, 0.1) is 0 Å². The van der Waals surface area contributed by atoms with Gasteiger partial charge in [0.15, 0.2) is 0 Å². The number of hydrogen-bond donors (Lipinski definition) is 0. The maximum absolute atomic E-state index is 2.57. The molecule has 2 nitrogen and oxygen atoms in total. The topological polar surface area (TPSA) is 6.48 Å². The predicted octanol–water partition coefficient (Wildman–Crippen LogP) is 3.31. The van der Waals surface area contributed by atoms with Crippen LogP contribution in [-0.4, -0.2) is 39.7 Å². The molecule has 0 radical (unpaired) electrons. The number of nitrogens with zero attached hydrogens (tertiary/aromatic N) is 2. The minimum absolute atomic E-state index is 0.705. The normalized spacial score (nSPS) is 30.8. The number of rotatable bonds is 4. The highest BCUT2D eigenvalue weighted by Gasteiger charge is 2.26. The fourth-order valence-corrected chi connectivity index (χ4v) is 3.06. The lowest BCUT2D eigenvalue weighted by Gasteiger charge is -2.40. The van der Waals surface area contributed by atoms with Gasteiger partial charge in [-0.3, -0.25) is 4.90 Å². The van der Waals surface area contributed by atoms with Gasteiger partial charge in [0.2, 0.25) is 0 Å². The van der Waals surface area contributed by atoms with E-state index in [1.54, 1.807) is 0 Å². The largest absolute Gasteiger partial charge is 0.299 e. The minimum Gasteiger partial charge on any atom is -0.299 e. The summed E-state index contributed by atoms with van der Waals surface area (Å²) in [4.78, 5) is 2.57. The Bertz CT molecular complexity index is 186. The summed E-state index contributed by atoms with van der Waals surface area (Å²) in [7, 11) is 2.29. The third-order valence-electron chi connectivity index (χ3n) is 3.88. The molecule has 0 N–H and O–H groups in total. The average Bonchev–Trinajstić information content (AvgIpc) is 2.23. The van der Waals surface area contributed by atoms with Gasteiger partial charge in [-0.1, -0.05) is 13.3 Å². The number of hydrogen-bond acceptors (Lipinski definition) is 2. The maximum atomic E-state index is 2.57. The van der Waals surface area contributed by atoms with Gasteiger partial charge in [0.25, 0.3) is 0 Å². The van der Waals surface area contributed by atoms with E-state index in [0.29, 0.717) is 6.04 Å². The molecule has 0 aromatic heterocycles. The average molecular weight is 324 g/mol. The third kappa shape index (κ3) is 3.86. The summed E-state index contributed by atoms with van der Waals surface area (Å²) in [6, 6.07) is 2.24. The van der Waals surface area contributed by atoms with Crippen molar-refractivity contribution in [1.29, 1.82) is 0 Å². The van der Waals surface area contributed by atoms with E-state index in [9.17, 15) is 0 Å². The van der Waals surface area contributed by atoms with Crippen molar-refractivity contribution in [3.8, 4) is 0 Å². The molecule has 0 aromatic carbocycles. The predicted molar refractivity (Wildman–Crippen MR) is 75.3 cm³/mol. The molecule has 0 aromatic rings. The Kier molecular flexibility index (Phi) is 5.85. The number of halogens is 1. The first-order chi connectivity index (χ1) is 7.06. The zero-order valence-electron chi connectivity index (χ0n) is 10.5. The first kappa shape index (κ1) is 13.7. The minimum atomic E-state index is 0.705. The van der Waals surface area contributed by atoms with Gasteiger partial charge < -0.3 is 0 Å². The van der Waals surface area contributed by atoms with Crippen molar-refractivity contribution < 1.29 is 0 Å². The van der Waals surface area contributed by atoms with Crippen LogP contribution in [0.5, 0.6) is 0 Å². The molecule has 1 aliphatic rings. The summed E-state index contributed by atoms with van der Waals surface area (Å²) >= 11 is 2.49. The summed E-state index contributed by atoms with van der Waals surface area (Å²) in [5, 5.41) is 0. The van der Waals surface area contributed by atoms with E-state index < -0.39 is 0 Å². The molecular weight excluding hydrogens is 299 g/mol. The molecule has 0 bridgehead atoms. The van der Waals surface area contributed by atoms with Gasteiger partial charge >= 0.3 is 0 Å². The molecule has 1 fully saturated rings. The lowest BCUT2D eigenvalue weighted by molar-refractivity contribution is 0.109. The Morgan fingerprint density at radius 1 is 1.47 bits per heavy atom. The Morgan fingerprint density at radius 2 is 2.13 bits per heavy atom. The fraction of sp³-hybridized carbons (Fsp3) is 1.00. The van der Waals surface area contributed by atoms with E-state index in [1.165, 1.54) is 32.2 Å². The van der Waals surface area contributed by atoms with Crippen molar-refractivity contribution >= 4 is 22.9 Å². The van der Waals surface area contributed by atoms with Crippen LogP contribution in [0.3, 0.4) is 0 Å². The Balaban J connectivity index is 2.42. The van der Waals surface area contributed by atoms with E-state index in [0.717, 1.165) is 12.1 Å². The van der Waals surface area contributed by atoms with Crippen LogP contribution in [0.2, 0.25) is 0 Å². The van der Waals surface area contributed by atoms with Crippen LogP contribution in [0, 0.1) is 0 Å². The molecule has 2 unspecified atom stereocenters. The summed E-state index contributed by atoms with van der Waals surface area (Å²) < 4.78 is 2.48. The smallest absolute Gasteiger partial charge is 0.0240 e. The van der Waals surface area contributed by atoms with E-state index in [4.69, 9.17) is 0 Å². The van der Waals surface area contributed by atoms with E-state index >= 15 is 0 Å². The van der Waals surface area contributed by atoms with Crippen LogP contribution < -0.4 is 0 Å². The molecule has 0 spiro atoms. The van der Waals surface area contributed by atoms with E-state index in [-0.39, 0.29) is 0 Å². The lowest BCUT2D eigenvalue weighted by Crippen LogP contribution is -2.47. The van der Waals surface area contributed by atoms with Gasteiger partial charge in [0.1, 0.15) is 0 Å². The molecule has 1 rings (SSSR count). The molecule has 15 heavy (non-hydrogen) atoms. The van der Waals surface area contributed by atoms with Crippen molar-refractivity contribution in [2.45, 2.75) is 64.6 Å². The standard InChI is InChI=1S/C12H25IN2/c1-5-10(2)15(13)9-12-8-6-7-11(3)14(12)4/h10-12H,5-9H2,1-4H3/t10-,11?,12?/m0/s1. The zero-order chi connectivity index (χ0) is 11.4. The molecular formula is C12H25IN2. The van der Waals surface area contributed by atoms with Crippen LogP contribution in [0.4, 0.5) is 0 Å². The highest BCUT2D eigenvalue weighted by atomic mass is 127. The number of likely N-dealkylation sites (tertiary alicyclic amines) is 1. The summed E-state index contributed by atoms with van der Waals surface area (Å²) in [6.07, 6.45) is 5.39. The van der Waals surface area contributed by atoms with Crippen LogP contribution in [0.1, 0.15) is 46.5 Å². The molecule has 3 atom stereocenters. The van der Waals surface area contributed by atoms with Gasteiger partial charge in [-0.15, -0.1) is 0 Å². The molecule has 0 amide bonds. The van der Waals surface area contributed by atoms with E-state index in [1.807, 2.05) is 0 Å². The van der Waals surface area contributed by atoms with Gasteiger partial charge in [-0.25, -0.2) is 3.11 Å². The summed E-state index contributed by atoms with van der Waals surface area (Å²) in [5.74, 6) is 0. The monoisotopic (exact) mass is 324 g/mol. The third-order valence-corrected chi connectivity index (χ3v) is 5.23. The first-order valence-corrected chi connectivity index (χ1v) is 7.17. The van der Waals surface area contributed by atoms with Crippen molar-refractivity contribution in [2.75, 3.05) is 13.6 Å². The van der Waals surface area contributed by atoms with Crippen molar-refractivity contribution in [1.82, 2.24) is 8.01 Å². The number of likely N-dealkylation sites (N-methyl/N-ethyl adjacent to an activating group) is 1. The zero-order valence-corrected chi connectivity index (χ0v) is 12.7. The molecule has 1 saturated heterocycles. The molecule has 1 aliphatic heterocycles. The molecule has 3 heteroatoms. The highest BCUT2D eigenvalue weighted by Crippen LogP contribution is 2.23. The van der Waals surface area contributed by atoms with Crippen molar-refractivity contribution in [2.24, 2.45) is 0 Å². The first-order valence-electron chi connectivity index (χ1n) is 6.20. The molecule has 0 saturated carbocycles. The lowest BCUT2D eigenvalue weighted by atomic mass is 9.97. The van der Waals surface area contributed by atoms with E-state index in [2.05, 4.69) is 58.7 Å². The molecule has 1 heterocycles. The quantitative estimate of drug-likeness (QED) is 0.578. The van der Waals surface area contributed by atoms with Crippen LogP contribution in [0.25, 0.3) is 0 Å². The van der Waals surface area contributed by atoms with Crippen LogP contribution >= 0.6 is 22.9 Å². The van der Waals surface area contributed by atoms with Gasteiger partial charge in [-0.2, -0.15) is 0 Å². The van der Waals surface area contributed by atoms with Gasteiger partial charge in [0, 0.05) is 47.5 Å². The van der Waals surface area contributed by atoms with Gasteiger partial charge in [-0.05, 0) is 40.2 Å². The maximum Gasteiger partial charge on any atom is 0.0240 e. The summed E-state index contributed by atoms with van der Waals surface area (Å²) in [5.41, 5.74) is 0. The van der Waals surface area contributed by atoms with Crippen molar-refractivity contribution in [3.05, 3.63) is 0 Å². The van der Waals surface area contributed by atoms with Crippen LogP contribution in [0.15, 0.2) is 0 Å². The molecule has 0 aliphatic carbocycles. The SMILES string of the molecule is CC[C@H](C)N(I)CC1CCCC(C)N1C. The van der Waals surface area contributed by atoms with Crippen molar-refractivity contribution in [3.63, 3.8) is 0 Å². The second-order valence-electron chi connectivity index (χ2n) is 4.94. The second-order valence-corrected chi connectivity index (χ2v) is 6.18. The summed E-state index contributed by atoms with van der Waals surface area (Å²) in [6.45, 7) is 8.16. The highest BCUT2D eigenvalue weighted by molar-refractivity contribution is 14.1. The second kappa shape index (κ2) is 6.40. The Labute approximate surface area is 109 Å². The number of piperidine rings is 1.